The predicted molar refractivity (Wildman–Crippen MR) is 188 cm³/mol. The molecule has 2 N–H and O–H groups in total. The maximum Gasteiger partial charge on any atom is 0.116 e. The number of hydrogen-bond acceptors (Lipinski definition) is 4. The van der Waals surface area contributed by atoms with Gasteiger partial charge >= 0.3 is 0 Å². The molecular weight excluding hydrogens is 548 g/mol. The quantitative estimate of drug-likeness (QED) is 0.146. The molecule has 0 amide bonds. The number of aromatic nitrogens is 1. The van der Waals surface area contributed by atoms with E-state index in [9.17, 15) is 5.41 Å². The highest BCUT2D eigenvalue weighted by molar-refractivity contribution is 6.62. The van der Waals surface area contributed by atoms with Crippen molar-refractivity contribution in [3.8, 4) is 33.4 Å². The van der Waals surface area contributed by atoms with E-state index < -0.39 is 0 Å². The first-order chi connectivity index (χ1) is 22.2. The molecular formula is C41H30N4. The maximum atomic E-state index is 9.30. The fourth-order valence-electron chi connectivity index (χ4n) is 5.74. The first-order valence-corrected chi connectivity index (χ1v) is 14.9. The molecule has 0 atom stereocenters. The van der Waals surface area contributed by atoms with Crippen LogP contribution in [0.15, 0.2) is 175 Å². The lowest BCUT2D eigenvalue weighted by Gasteiger charge is -2.21. The molecule has 1 aliphatic rings. The van der Waals surface area contributed by atoms with Gasteiger partial charge in [0, 0.05) is 18.0 Å². The number of pyridine rings is 1. The summed E-state index contributed by atoms with van der Waals surface area (Å²) in [5.41, 5.74) is 15.6. The summed E-state index contributed by atoms with van der Waals surface area (Å²) < 4.78 is 0. The van der Waals surface area contributed by atoms with Gasteiger partial charge in [-0.2, -0.15) is 5.10 Å². The van der Waals surface area contributed by atoms with Crippen LogP contribution in [0.3, 0.4) is 0 Å². The molecule has 0 aliphatic heterocycles. The zero-order valence-electron chi connectivity index (χ0n) is 24.6. The largest absolute Gasteiger partial charge is 0.299 e. The molecule has 0 radical (unpaired) electrons. The van der Waals surface area contributed by atoms with Gasteiger partial charge in [0.2, 0.25) is 0 Å². The Morgan fingerprint density at radius 2 is 1.04 bits per heavy atom. The molecule has 1 aliphatic carbocycles. The second-order valence-corrected chi connectivity index (χ2v) is 10.8. The Kier molecular flexibility index (Phi) is 7.76. The number of nitrogens with one attached hydrogen (secondary N) is 2. The molecule has 0 fully saturated rings. The van der Waals surface area contributed by atoms with Gasteiger partial charge < -0.3 is 0 Å². The number of nitrogens with zero attached hydrogens (tertiary/aromatic N) is 2. The van der Waals surface area contributed by atoms with E-state index in [0.717, 1.165) is 61.3 Å². The third-order valence-corrected chi connectivity index (χ3v) is 7.91. The number of hydrogen-bond donors (Lipinski definition) is 2. The minimum atomic E-state index is 0.339. The molecule has 0 spiro atoms. The normalized spacial score (nSPS) is 13.7. The minimum absolute atomic E-state index is 0.339. The van der Waals surface area contributed by atoms with Crippen molar-refractivity contribution in [2.45, 2.75) is 0 Å². The highest BCUT2D eigenvalue weighted by atomic mass is 15.3. The van der Waals surface area contributed by atoms with E-state index in [-0.39, 0.29) is 0 Å². The molecule has 1 heterocycles. The first kappa shape index (κ1) is 27.7. The monoisotopic (exact) mass is 578 g/mol. The van der Waals surface area contributed by atoms with Gasteiger partial charge in [0.25, 0.3) is 0 Å². The zero-order chi connectivity index (χ0) is 30.4. The van der Waals surface area contributed by atoms with Crippen molar-refractivity contribution in [1.82, 2.24) is 4.98 Å². The average molecular weight is 579 g/mol. The summed E-state index contributed by atoms with van der Waals surface area (Å²) in [7, 11) is 0. The fraction of sp³-hybridized carbons (Fsp3) is 0. The standard InChI is InChI=1S/C41H30N4/c42-40-28-33(37-20-8-7-18-35(37)30-12-3-1-4-13-30)27-39(38-21-10-9-19-36(38)31-14-5-2-6-15-31)41(40)45-44-34-17-11-16-32(26-34)29-22-24-43-25-23-29/h1-28,42,44H/b42-40?,45-41-. The molecule has 0 unspecified atom stereocenters. The van der Waals surface area contributed by atoms with Crippen molar-refractivity contribution in [2.75, 3.05) is 5.43 Å². The average Bonchev–Trinajstić information content (AvgIpc) is 3.12. The van der Waals surface area contributed by atoms with E-state index in [0.29, 0.717) is 11.4 Å². The second-order valence-electron chi connectivity index (χ2n) is 10.8. The van der Waals surface area contributed by atoms with Crippen LogP contribution in [0.25, 0.3) is 44.5 Å². The van der Waals surface area contributed by atoms with Crippen LogP contribution in [-0.2, 0) is 0 Å². The molecule has 4 nitrogen and oxygen atoms in total. The van der Waals surface area contributed by atoms with Crippen molar-refractivity contribution >= 4 is 28.3 Å². The second kappa shape index (κ2) is 12.6. The maximum absolute atomic E-state index is 9.30. The molecule has 0 saturated heterocycles. The predicted octanol–water partition coefficient (Wildman–Crippen LogP) is 10.1. The summed E-state index contributed by atoms with van der Waals surface area (Å²) in [6.45, 7) is 0. The third kappa shape index (κ3) is 5.90. The van der Waals surface area contributed by atoms with Gasteiger partial charge in [-0.1, -0.05) is 121 Å². The molecule has 6 aromatic rings. The van der Waals surface area contributed by atoms with Crippen LogP contribution in [0.1, 0.15) is 11.1 Å². The van der Waals surface area contributed by atoms with Crippen molar-refractivity contribution in [1.29, 1.82) is 5.41 Å². The summed E-state index contributed by atoms with van der Waals surface area (Å²) >= 11 is 0. The summed E-state index contributed by atoms with van der Waals surface area (Å²) in [4.78, 5) is 4.14. The fourth-order valence-corrected chi connectivity index (χ4v) is 5.74. The number of rotatable bonds is 7. The highest BCUT2D eigenvalue weighted by Gasteiger charge is 2.24. The number of anilines is 1. The van der Waals surface area contributed by atoms with Crippen LogP contribution in [-0.4, -0.2) is 16.4 Å². The third-order valence-electron chi connectivity index (χ3n) is 7.91. The van der Waals surface area contributed by atoms with Crippen LogP contribution in [0.5, 0.6) is 0 Å². The lowest BCUT2D eigenvalue weighted by molar-refractivity contribution is 1.32. The van der Waals surface area contributed by atoms with Crippen LogP contribution in [0.4, 0.5) is 5.69 Å². The summed E-state index contributed by atoms with van der Waals surface area (Å²) in [6.07, 6.45) is 7.68. The van der Waals surface area contributed by atoms with Crippen LogP contribution >= 0.6 is 0 Å². The SMILES string of the molecule is N=C1C=C(c2ccccc2-c2ccccc2)C=C(c2ccccc2-c2ccccc2)/C1=N/Nc1cccc(-c2ccncc2)c1. The molecule has 214 valence electrons. The molecule has 0 bridgehead atoms. The molecule has 5 aromatic carbocycles. The van der Waals surface area contributed by atoms with E-state index in [1.807, 2.05) is 48.5 Å². The van der Waals surface area contributed by atoms with E-state index >= 15 is 0 Å². The van der Waals surface area contributed by atoms with Gasteiger partial charge in [-0.3, -0.25) is 15.8 Å². The number of allylic oxidation sites excluding steroid dienone is 4. The van der Waals surface area contributed by atoms with Crippen molar-refractivity contribution in [2.24, 2.45) is 5.10 Å². The molecule has 45 heavy (non-hydrogen) atoms. The lowest BCUT2D eigenvalue weighted by atomic mass is 9.83. The van der Waals surface area contributed by atoms with E-state index in [4.69, 9.17) is 5.10 Å². The van der Waals surface area contributed by atoms with Gasteiger partial charge in [0.1, 0.15) is 5.71 Å². The van der Waals surface area contributed by atoms with Gasteiger partial charge in [-0.25, -0.2) is 0 Å². The van der Waals surface area contributed by atoms with Crippen molar-refractivity contribution in [3.05, 3.63) is 181 Å². The van der Waals surface area contributed by atoms with Crippen LogP contribution < -0.4 is 5.43 Å². The van der Waals surface area contributed by atoms with E-state index in [2.05, 4.69) is 120 Å². The number of benzene rings is 5. The lowest BCUT2D eigenvalue weighted by Crippen LogP contribution is -2.19. The van der Waals surface area contributed by atoms with Gasteiger partial charge in [0.15, 0.2) is 0 Å². The van der Waals surface area contributed by atoms with Gasteiger partial charge in [-0.05, 0) is 86.5 Å². The number of hydrazone groups is 1. The van der Waals surface area contributed by atoms with Crippen LogP contribution in [0.2, 0.25) is 0 Å². The molecule has 4 heteroatoms. The van der Waals surface area contributed by atoms with E-state index in [1.165, 1.54) is 0 Å². The highest BCUT2D eigenvalue weighted by Crippen LogP contribution is 2.37. The minimum Gasteiger partial charge on any atom is -0.299 e. The Bertz CT molecular complexity index is 2080. The molecule has 0 saturated carbocycles. The molecule has 7 rings (SSSR count). The Morgan fingerprint density at radius 1 is 0.489 bits per heavy atom. The van der Waals surface area contributed by atoms with E-state index in [1.54, 1.807) is 12.4 Å². The van der Waals surface area contributed by atoms with Crippen molar-refractivity contribution < 1.29 is 0 Å². The Hall–Kier alpha value is -6.13. The Labute approximate surface area is 263 Å². The van der Waals surface area contributed by atoms with Gasteiger partial charge in [-0.15, -0.1) is 0 Å². The van der Waals surface area contributed by atoms with Crippen molar-refractivity contribution in [3.63, 3.8) is 0 Å². The molecule has 1 aromatic heterocycles. The van der Waals surface area contributed by atoms with Crippen LogP contribution in [0, 0.1) is 5.41 Å². The van der Waals surface area contributed by atoms with Gasteiger partial charge in [0.05, 0.1) is 11.4 Å². The summed E-state index contributed by atoms with van der Waals surface area (Å²) in [5.74, 6) is 0. The zero-order valence-corrected chi connectivity index (χ0v) is 24.6. The summed E-state index contributed by atoms with van der Waals surface area (Å²) in [6, 6.07) is 49.6. The smallest absolute Gasteiger partial charge is 0.116 e. The summed E-state index contributed by atoms with van der Waals surface area (Å²) in [5, 5.41) is 14.2. The Balaban J connectivity index is 1.35. The Morgan fingerprint density at radius 3 is 1.71 bits per heavy atom. The topological polar surface area (TPSA) is 61.1 Å². The first-order valence-electron chi connectivity index (χ1n) is 14.9.